The van der Waals surface area contributed by atoms with Crippen LogP contribution in [0.4, 0.5) is 4.79 Å². The number of fused-ring (bicyclic) bond motifs is 1. The van der Waals surface area contributed by atoms with E-state index in [4.69, 9.17) is 4.74 Å². The average molecular weight is 410 g/mol. The first-order valence-electron chi connectivity index (χ1n) is 6.77. The third-order valence-electron chi connectivity index (χ3n) is 3.79. The van der Waals surface area contributed by atoms with Gasteiger partial charge in [0.15, 0.2) is 12.3 Å². The minimum Gasteiger partial charge on any atom is -0.790 e. The molecule has 4 N–H and O–H groups in total. The topological polar surface area (TPSA) is 196 Å². The van der Waals surface area contributed by atoms with Gasteiger partial charge in [0.25, 0.3) is 5.91 Å². The van der Waals surface area contributed by atoms with Gasteiger partial charge >= 0.3 is 65.1 Å². The van der Waals surface area contributed by atoms with Gasteiger partial charge in [-0.1, -0.05) is 0 Å². The van der Waals surface area contributed by atoms with Crippen LogP contribution in [-0.4, -0.2) is 76.7 Å². The summed E-state index contributed by atoms with van der Waals surface area (Å²) >= 11 is 0. The van der Waals surface area contributed by atoms with Crippen molar-refractivity contribution < 1.29 is 103 Å². The predicted molar refractivity (Wildman–Crippen MR) is 68.8 cm³/mol. The normalized spacial score (nSPS) is 35.9. The zero-order chi connectivity index (χ0) is 17.6. The molecular formula is C10H13N4Na2O9P. The molecule has 13 nitrogen and oxygen atoms in total. The molecule has 134 valence electrons. The third-order valence-corrected chi connectivity index (χ3v) is 4.26. The second-order valence-corrected chi connectivity index (χ2v) is 6.51. The number of ether oxygens (including phenoxy) is 1. The number of hydrogen-bond donors (Lipinski definition) is 4. The fourth-order valence-electron chi connectivity index (χ4n) is 2.69. The molecule has 0 aromatic carbocycles. The molecule has 2 fully saturated rings. The fraction of sp³-hybridized carbons (Fsp3) is 0.700. The maximum Gasteiger partial charge on any atom is 1.00 e. The first kappa shape index (κ1) is 24.4. The van der Waals surface area contributed by atoms with Crippen molar-refractivity contribution in [2.45, 2.75) is 36.7 Å². The first-order valence-corrected chi connectivity index (χ1v) is 8.24. The number of aliphatic imine (C=N–C) groups is 1. The van der Waals surface area contributed by atoms with Gasteiger partial charge in [-0.3, -0.25) is 15.1 Å². The van der Waals surface area contributed by atoms with Crippen molar-refractivity contribution in [2.75, 3.05) is 6.61 Å². The second kappa shape index (κ2) is 9.27. The summed E-state index contributed by atoms with van der Waals surface area (Å²) in [4.78, 5) is 49.2. The maximum atomic E-state index is 11.7. The number of nitrogens with one attached hydrogen (secondary N) is 2. The largest absolute Gasteiger partial charge is 1.00 e. The van der Waals surface area contributed by atoms with Crippen LogP contribution >= 0.6 is 7.82 Å². The van der Waals surface area contributed by atoms with Crippen molar-refractivity contribution in [1.29, 1.82) is 0 Å². The van der Waals surface area contributed by atoms with Gasteiger partial charge in [0, 0.05) is 0 Å². The van der Waals surface area contributed by atoms with Crippen LogP contribution in [0.25, 0.3) is 0 Å². The Morgan fingerprint density at radius 3 is 2.58 bits per heavy atom. The molecule has 0 aromatic rings. The number of aliphatic hydroxyl groups excluding tert-OH is 2. The Labute approximate surface area is 191 Å². The van der Waals surface area contributed by atoms with E-state index in [9.17, 15) is 34.2 Å². The van der Waals surface area contributed by atoms with E-state index in [2.05, 4.69) is 14.8 Å². The van der Waals surface area contributed by atoms with Crippen LogP contribution in [0.15, 0.2) is 4.99 Å². The number of urea groups is 1. The molecule has 26 heavy (non-hydrogen) atoms. The molecule has 3 aliphatic heterocycles. The number of imide groups is 1. The van der Waals surface area contributed by atoms with Crippen LogP contribution in [-0.2, 0) is 18.6 Å². The molecule has 0 bridgehead atoms. The molecule has 2 saturated heterocycles. The summed E-state index contributed by atoms with van der Waals surface area (Å²) in [6.45, 7) is -0.787. The van der Waals surface area contributed by atoms with Crippen LogP contribution in [0.3, 0.4) is 0 Å². The Morgan fingerprint density at radius 2 is 1.96 bits per heavy atom. The van der Waals surface area contributed by atoms with Crippen LogP contribution in [0.1, 0.15) is 0 Å². The minimum atomic E-state index is -5.27. The summed E-state index contributed by atoms with van der Waals surface area (Å²) in [6.07, 6.45) is -5.40. The average Bonchev–Trinajstić information content (AvgIpc) is 3.00. The molecule has 3 aliphatic rings. The molecule has 0 aromatic heterocycles. The molecule has 0 spiro atoms. The van der Waals surface area contributed by atoms with Gasteiger partial charge in [-0.05, 0) is 0 Å². The summed E-state index contributed by atoms with van der Waals surface area (Å²) < 4.78 is 19.9. The van der Waals surface area contributed by atoms with Crippen molar-refractivity contribution in [2.24, 2.45) is 4.99 Å². The number of phosphoric acid groups is 1. The van der Waals surface area contributed by atoms with E-state index in [0.29, 0.717) is 0 Å². The quantitative estimate of drug-likeness (QED) is 0.255. The van der Waals surface area contributed by atoms with Crippen molar-refractivity contribution in [3.63, 3.8) is 0 Å². The number of carbonyl (C=O) groups is 2. The number of carbonyl (C=O) groups excluding carboxylic acids is 2. The van der Waals surface area contributed by atoms with Gasteiger partial charge in [0.2, 0.25) is 0 Å². The number of aliphatic hydroxyl groups is 2. The van der Waals surface area contributed by atoms with Crippen molar-refractivity contribution >= 4 is 26.1 Å². The van der Waals surface area contributed by atoms with Crippen LogP contribution in [0.2, 0.25) is 0 Å². The minimum absolute atomic E-state index is 0. The predicted octanol–water partition coefficient (Wildman–Crippen LogP) is -10.8. The maximum absolute atomic E-state index is 11.7. The first-order chi connectivity index (χ1) is 11.2. The Bertz CT molecular complexity index is 634. The van der Waals surface area contributed by atoms with Crippen LogP contribution in [0.5, 0.6) is 0 Å². The van der Waals surface area contributed by atoms with E-state index in [1.165, 1.54) is 4.90 Å². The molecule has 2 unspecified atom stereocenters. The van der Waals surface area contributed by atoms with Gasteiger partial charge in [0.05, 0.1) is 20.8 Å². The van der Waals surface area contributed by atoms with Crippen molar-refractivity contribution in [1.82, 2.24) is 15.5 Å². The van der Waals surface area contributed by atoms with Gasteiger partial charge in [-0.15, -0.1) is 0 Å². The molecule has 0 saturated carbocycles. The van der Waals surface area contributed by atoms with Gasteiger partial charge in [0.1, 0.15) is 24.5 Å². The molecule has 16 heteroatoms. The molecular weight excluding hydrogens is 397 g/mol. The standard InChI is InChI=1S/C10H15N4O9P.2Na/c15-5-3(1-22-24(19,20)21)23-9(6(5)16)14-2-11-4-7(14)12-10(18)13-8(4)17;;/h2-7,9,15-16H,1H2,(H2,19,20,21)(H2,12,13,17,18);;/q;2*+1/p-2/t3-,4?,5-,6-,7?,9-;;/m1../s1. The van der Waals surface area contributed by atoms with Crippen LogP contribution in [0, 0.1) is 0 Å². The smallest absolute Gasteiger partial charge is 0.790 e. The number of hydrogen-bond acceptors (Lipinski definition) is 11. The fourth-order valence-corrected chi connectivity index (χ4v) is 3.02. The summed E-state index contributed by atoms with van der Waals surface area (Å²) in [5.41, 5.74) is 0. The van der Waals surface area contributed by atoms with E-state index in [-0.39, 0.29) is 59.1 Å². The molecule has 3 rings (SSSR count). The second-order valence-electron chi connectivity index (χ2n) is 5.35. The molecule has 0 radical (unpaired) electrons. The van der Waals surface area contributed by atoms with E-state index >= 15 is 0 Å². The number of phosphoric ester groups is 1. The summed E-state index contributed by atoms with van der Waals surface area (Å²) in [5.74, 6) is -0.644. The summed E-state index contributed by atoms with van der Waals surface area (Å²) in [6, 6.07) is -1.72. The van der Waals surface area contributed by atoms with Crippen molar-refractivity contribution in [3.8, 4) is 0 Å². The van der Waals surface area contributed by atoms with Crippen molar-refractivity contribution in [3.05, 3.63) is 0 Å². The van der Waals surface area contributed by atoms with E-state index in [0.717, 1.165) is 6.34 Å². The zero-order valence-corrected chi connectivity index (χ0v) is 18.7. The molecule has 6 atom stereocenters. The molecule has 3 amide bonds. The summed E-state index contributed by atoms with van der Waals surface area (Å²) in [5, 5.41) is 24.4. The number of rotatable bonds is 4. The summed E-state index contributed by atoms with van der Waals surface area (Å²) in [7, 11) is -5.27. The third kappa shape index (κ3) is 5.06. The number of amides is 3. The van der Waals surface area contributed by atoms with Gasteiger partial charge in [-0.2, -0.15) is 0 Å². The van der Waals surface area contributed by atoms with Gasteiger partial charge < -0.3 is 44.0 Å². The van der Waals surface area contributed by atoms with E-state index in [1.807, 2.05) is 5.32 Å². The van der Waals surface area contributed by atoms with E-state index in [1.54, 1.807) is 0 Å². The molecule has 0 aliphatic carbocycles. The van der Waals surface area contributed by atoms with E-state index < -0.39 is 63.1 Å². The Hall–Kier alpha value is 0.400. The Kier molecular flexibility index (Phi) is 8.71. The zero-order valence-electron chi connectivity index (χ0n) is 13.8. The van der Waals surface area contributed by atoms with Crippen LogP contribution < -0.4 is 79.5 Å². The SMILES string of the molecule is O=C1NC(=O)C2N=CN([C@@H]3O[C@H](COP(=O)([O-])[O-])[C@@H](O)[C@H]3O)C2N1.[Na+].[Na+]. The van der Waals surface area contributed by atoms with Gasteiger partial charge in [-0.25, -0.2) is 4.79 Å². The Morgan fingerprint density at radius 1 is 1.31 bits per heavy atom. The molecule has 3 heterocycles. The number of nitrogens with zero attached hydrogens (tertiary/aromatic N) is 2. The Balaban J connectivity index is 0.00000169. The monoisotopic (exact) mass is 410 g/mol.